The van der Waals surface area contributed by atoms with Crippen LogP contribution in [0.15, 0.2) is 10.2 Å². The Morgan fingerprint density at radius 1 is 1.15 bits per heavy atom. The molecule has 74 valence electrons. The van der Waals surface area contributed by atoms with Gasteiger partial charge < -0.3 is 0 Å². The van der Waals surface area contributed by atoms with E-state index in [0.29, 0.717) is 13.0 Å². The van der Waals surface area contributed by atoms with Crippen LogP contribution < -0.4 is 0 Å². The third kappa shape index (κ3) is 1.07. The Labute approximate surface area is 72.0 Å². The first-order valence-electron chi connectivity index (χ1n) is 4.07. The predicted molar refractivity (Wildman–Crippen MR) is 36.1 cm³/mol. The molecule has 1 aliphatic carbocycles. The zero-order valence-corrected chi connectivity index (χ0v) is 6.68. The van der Waals surface area contributed by atoms with E-state index in [4.69, 9.17) is 0 Å². The molecule has 0 amide bonds. The first kappa shape index (κ1) is 8.90. The van der Waals surface area contributed by atoms with Crippen LogP contribution >= 0.6 is 0 Å². The second-order valence-corrected chi connectivity index (χ2v) is 3.47. The minimum atomic E-state index is -3.89. The fraction of sp³-hybridized carbons (Fsp3) is 1.00. The minimum Gasteiger partial charge on any atom is -0.200 e. The van der Waals surface area contributed by atoms with Crippen LogP contribution in [0.3, 0.4) is 0 Å². The molecule has 0 aromatic heterocycles. The van der Waals surface area contributed by atoms with Crippen LogP contribution in [0, 0.1) is 5.92 Å². The summed E-state index contributed by atoms with van der Waals surface area (Å²) < 4.78 is 50.4. The highest BCUT2D eigenvalue weighted by Crippen LogP contribution is 2.57. The van der Waals surface area contributed by atoms with Gasteiger partial charge in [0, 0.05) is 6.42 Å². The molecule has 0 aromatic carbocycles. The lowest BCUT2D eigenvalue weighted by Crippen LogP contribution is -2.61. The van der Waals surface area contributed by atoms with Crippen molar-refractivity contribution in [1.29, 1.82) is 0 Å². The molecule has 2 unspecified atom stereocenters. The van der Waals surface area contributed by atoms with Gasteiger partial charge in [-0.05, 0) is 6.42 Å². The van der Waals surface area contributed by atoms with Crippen molar-refractivity contribution in [2.75, 3.05) is 6.54 Å². The van der Waals surface area contributed by atoms with Crippen LogP contribution in [0.2, 0.25) is 0 Å². The Morgan fingerprint density at radius 2 is 1.85 bits per heavy atom. The highest BCUT2D eigenvalue weighted by atomic mass is 19.3. The summed E-state index contributed by atoms with van der Waals surface area (Å²) in [4.78, 5) is 0. The lowest BCUT2D eigenvalue weighted by atomic mass is 9.72. The Morgan fingerprint density at radius 3 is 2.23 bits per heavy atom. The average molecular weight is 196 g/mol. The summed E-state index contributed by atoms with van der Waals surface area (Å²) in [5.41, 5.74) is 0. The van der Waals surface area contributed by atoms with E-state index in [0.717, 1.165) is 0 Å². The highest BCUT2D eigenvalue weighted by Gasteiger charge is 2.73. The summed E-state index contributed by atoms with van der Waals surface area (Å²) in [6, 6.07) is -0.699. The molecule has 0 N–H and O–H groups in total. The van der Waals surface area contributed by atoms with Crippen LogP contribution in [-0.4, -0.2) is 24.4 Å². The van der Waals surface area contributed by atoms with Crippen molar-refractivity contribution in [1.82, 2.24) is 0 Å². The van der Waals surface area contributed by atoms with Gasteiger partial charge in [-0.15, -0.1) is 0 Å². The van der Waals surface area contributed by atoms with Gasteiger partial charge in [0.15, 0.2) is 0 Å². The molecule has 6 heteroatoms. The molecule has 2 rings (SSSR count). The van der Waals surface area contributed by atoms with Gasteiger partial charge in [0.05, 0.1) is 18.5 Å². The third-order valence-electron chi connectivity index (χ3n) is 2.65. The van der Waals surface area contributed by atoms with E-state index in [1.54, 1.807) is 0 Å². The van der Waals surface area contributed by atoms with Crippen molar-refractivity contribution >= 4 is 0 Å². The molecule has 0 bridgehead atoms. The van der Waals surface area contributed by atoms with Crippen LogP contribution in [0.4, 0.5) is 17.6 Å². The number of rotatable bonds is 1. The molecular formula is C7H8F4N2. The third-order valence-corrected chi connectivity index (χ3v) is 2.65. The molecule has 1 fully saturated rings. The number of halogens is 4. The maximum absolute atomic E-state index is 12.8. The van der Waals surface area contributed by atoms with E-state index < -0.39 is 30.2 Å². The fourth-order valence-electron chi connectivity index (χ4n) is 1.75. The van der Waals surface area contributed by atoms with Gasteiger partial charge in [-0.1, -0.05) is 0 Å². The smallest absolute Gasteiger partial charge is 0.200 e. The van der Waals surface area contributed by atoms with Crippen molar-refractivity contribution in [2.24, 2.45) is 16.1 Å². The summed E-state index contributed by atoms with van der Waals surface area (Å²) in [5.74, 6) is -9.04. The van der Waals surface area contributed by atoms with Crippen molar-refractivity contribution in [3.8, 4) is 0 Å². The number of hydrogen-bond acceptors (Lipinski definition) is 2. The minimum absolute atomic E-state index is 0.371. The molecule has 13 heavy (non-hydrogen) atoms. The van der Waals surface area contributed by atoms with Crippen molar-refractivity contribution in [2.45, 2.75) is 30.7 Å². The van der Waals surface area contributed by atoms with Gasteiger partial charge in [0.2, 0.25) is 0 Å². The van der Waals surface area contributed by atoms with Crippen LogP contribution in [0.25, 0.3) is 0 Å². The first-order chi connectivity index (χ1) is 5.95. The van der Waals surface area contributed by atoms with Crippen molar-refractivity contribution < 1.29 is 17.6 Å². The summed E-state index contributed by atoms with van der Waals surface area (Å²) in [7, 11) is 0. The Hall–Kier alpha value is -0.680. The van der Waals surface area contributed by atoms with E-state index >= 15 is 0 Å². The lowest BCUT2D eigenvalue weighted by Gasteiger charge is -2.45. The van der Waals surface area contributed by atoms with Gasteiger partial charge in [-0.2, -0.15) is 27.8 Å². The van der Waals surface area contributed by atoms with Gasteiger partial charge in [-0.25, -0.2) is 0 Å². The Balaban J connectivity index is 2.09. The fourth-order valence-corrected chi connectivity index (χ4v) is 1.75. The first-order valence-corrected chi connectivity index (χ1v) is 4.07. The molecule has 0 spiro atoms. The predicted octanol–water partition coefficient (Wildman–Crippen LogP) is 2.50. The van der Waals surface area contributed by atoms with E-state index in [1.807, 2.05) is 0 Å². The standard InChI is InChI=1S/C7H8F4N2/c8-6(9)3-4(7(6,10)11)5-1-2-12-13-5/h4-5H,1-3H2. The molecule has 1 saturated carbocycles. The van der Waals surface area contributed by atoms with E-state index in [-0.39, 0.29) is 0 Å². The maximum Gasteiger partial charge on any atom is 0.315 e. The Bertz CT molecular complexity index is 251. The molecule has 1 heterocycles. The van der Waals surface area contributed by atoms with Gasteiger partial charge in [0.1, 0.15) is 0 Å². The van der Waals surface area contributed by atoms with Gasteiger partial charge >= 0.3 is 11.8 Å². The molecule has 2 atom stereocenters. The SMILES string of the molecule is FC1(F)CC(C2CCN=N2)C1(F)F. The molecule has 0 saturated heterocycles. The van der Waals surface area contributed by atoms with Crippen LogP contribution in [-0.2, 0) is 0 Å². The van der Waals surface area contributed by atoms with E-state index in [1.165, 1.54) is 0 Å². The van der Waals surface area contributed by atoms with Crippen molar-refractivity contribution in [3.63, 3.8) is 0 Å². The zero-order valence-electron chi connectivity index (χ0n) is 6.68. The lowest BCUT2D eigenvalue weighted by molar-refractivity contribution is -0.317. The molecular weight excluding hydrogens is 188 g/mol. The molecule has 0 radical (unpaired) electrons. The molecule has 0 aromatic rings. The quantitative estimate of drug-likeness (QED) is 0.575. The molecule has 1 aliphatic heterocycles. The summed E-state index contributed by atoms with van der Waals surface area (Å²) in [6.07, 6.45) is -0.389. The summed E-state index contributed by atoms with van der Waals surface area (Å²) in [6.45, 7) is 0.378. The average Bonchev–Trinajstić information content (AvgIpc) is 2.52. The topological polar surface area (TPSA) is 24.7 Å². The summed E-state index contributed by atoms with van der Waals surface area (Å²) in [5, 5.41) is 7.06. The number of nitrogens with zero attached hydrogens (tertiary/aromatic N) is 2. The van der Waals surface area contributed by atoms with E-state index in [2.05, 4.69) is 10.2 Å². The van der Waals surface area contributed by atoms with Crippen molar-refractivity contribution in [3.05, 3.63) is 0 Å². The van der Waals surface area contributed by atoms with E-state index in [9.17, 15) is 17.6 Å². The highest BCUT2D eigenvalue weighted by molar-refractivity contribution is 5.07. The molecule has 2 aliphatic rings. The zero-order chi connectivity index (χ0) is 9.69. The number of alkyl halides is 4. The van der Waals surface area contributed by atoms with Gasteiger partial charge in [0.25, 0.3) is 0 Å². The van der Waals surface area contributed by atoms with Crippen LogP contribution in [0.1, 0.15) is 12.8 Å². The van der Waals surface area contributed by atoms with Gasteiger partial charge in [-0.3, -0.25) is 0 Å². The normalized spacial score (nSPS) is 40.3. The van der Waals surface area contributed by atoms with Crippen LogP contribution in [0.5, 0.6) is 0 Å². The Kier molecular flexibility index (Phi) is 1.66. The largest absolute Gasteiger partial charge is 0.315 e. The molecule has 2 nitrogen and oxygen atoms in total. The number of azo groups is 1. The maximum atomic E-state index is 12.8. The monoisotopic (exact) mass is 196 g/mol. The second kappa shape index (κ2) is 2.42. The second-order valence-electron chi connectivity index (χ2n) is 3.47. The number of hydrogen-bond donors (Lipinski definition) is 0. The summed E-state index contributed by atoms with van der Waals surface area (Å²) >= 11 is 0.